The van der Waals surface area contributed by atoms with E-state index in [1.807, 2.05) is 6.08 Å². The Morgan fingerprint density at radius 2 is 2.33 bits per heavy atom. The van der Waals surface area contributed by atoms with E-state index in [2.05, 4.69) is 6.92 Å². The van der Waals surface area contributed by atoms with Crippen LogP contribution in [-0.4, -0.2) is 0 Å². The zero-order valence-electron chi connectivity index (χ0n) is 4.15. The molecule has 0 aliphatic carbocycles. The largest absolute Gasteiger partial charge is 0.0882 e. The van der Waals surface area contributed by atoms with Crippen molar-refractivity contribution in [1.29, 1.82) is 0 Å². The van der Waals surface area contributed by atoms with Gasteiger partial charge >= 0.3 is 0 Å². The molecule has 0 fully saturated rings. The van der Waals surface area contributed by atoms with E-state index >= 15 is 0 Å². The summed E-state index contributed by atoms with van der Waals surface area (Å²) in [5.41, 5.74) is 0. The maximum absolute atomic E-state index is 5.03. The maximum atomic E-state index is 5.03. The summed E-state index contributed by atoms with van der Waals surface area (Å²) >= 11 is 0. The minimum Gasteiger partial charge on any atom is -0.0882 e. The predicted octanol–water partition coefficient (Wildman–Crippen LogP) is 2.05. The lowest BCUT2D eigenvalue weighted by molar-refractivity contribution is 0.959. The Morgan fingerprint density at radius 1 is 1.67 bits per heavy atom. The van der Waals surface area contributed by atoms with Gasteiger partial charge in [0, 0.05) is 0 Å². The molecule has 2 radical (unpaired) electrons. The van der Waals surface area contributed by atoms with Crippen LogP contribution >= 0.6 is 0 Å². The molecule has 0 N–H and O–H groups in total. The van der Waals surface area contributed by atoms with Gasteiger partial charge in [0.2, 0.25) is 0 Å². The van der Waals surface area contributed by atoms with Crippen LogP contribution in [0.15, 0.2) is 12.2 Å². The zero-order valence-corrected chi connectivity index (χ0v) is 4.15. The average Bonchev–Trinajstić information content (AvgIpc) is 1.61. The second-order valence-corrected chi connectivity index (χ2v) is 1.22. The second kappa shape index (κ2) is 4.74. The van der Waals surface area contributed by atoms with Gasteiger partial charge < -0.3 is 0 Å². The van der Waals surface area contributed by atoms with Crippen LogP contribution in [0.4, 0.5) is 0 Å². The summed E-state index contributed by atoms with van der Waals surface area (Å²) in [5.74, 6) is 0. The molecule has 6 heavy (non-hydrogen) atoms. The molecule has 0 saturated heterocycles. The van der Waals surface area contributed by atoms with Crippen LogP contribution in [0.2, 0.25) is 0 Å². The third-order valence-electron chi connectivity index (χ3n) is 0.591. The molecule has 0 aromatic rings. The average molecular weight is 82.1 g/mol. The summed E-state index contributed by atoms with van der Waals surface area (Å²) in [6.07, 6.45) is 5.84. The first-order chi connectivity index (χ1) is 2.91. The molecule has 0 heterocycles. The Morgan fingerprint density at radius 3 is 2.50 bits per heavy atom. The molecule has 0 aromatic carbocycles. The second-order valence-electron chi connectivity index (χ2n) is 1.22. The number of hydrogen-bond donors (Lipinski definition) is 0. The van der Waals surface area contributed by atoms with Gasteiger partial charge in [-0.25, -0.2) is 0 Å². The molecule has 0 spiro atoms. The summed E-state index contributed by atoms with van der Waals surface area (Å²) in [6.45, 7) is 7.16. The lowest BCUT2D eigenvalue weighted by Gasteiger charge is -1.76. The minimum absolute atomic E-state index is 1.11. The van der Waals surface area contributed by atoms with Gasteiger partial charge in [0.05, 0.1) is 0 Å². The van der Waals surface area contributed by atoms with E-state index < -0.39 is 0 Å². The van der Waals surface area contributed by atoms with Crippen LogP contribution in [0.3, 0.4) is 0 Å². The molecular weight excluding hydrogens is 72.1 g/mol. The Labute approximate surface area is 39.9 Å². The zero-order chi connectivity index (χ0) is 4.83. The molecule has 0 saturated carbocycles. The van der Waals surface area contributed by atoms with Crippen LogP contribution in [0, 0.1) is 6.92 Å². The summed E-state index contributed by atoms with van der Waals surface area (Å²) in [7, 11) is 0. The molecule has 0 rings (SSSR count). The van der Waals surface area contributed by atoms with Crippen molar-refractivity contribution in [3.63, 3.8) is 0 Å². The summed E-state index contributed by atoms with van der Waals surface area (Å²) in [5, 5.41) is 0. The lowest BCUT2D eigenvalue weighted by Crippen LogP contribution is -1.55. The van der Waals surface area contributed by atoms with Gasteiger partial charge in [0.1, 0.15) is 0 Å². The van der Waals surface area contributed by atoms with Gasteiger partial charge in [-0.05, 0) is 13.3 Å². The summed E-state index contributed by atoms with van der Waals surface area (Å²) < 4.78 is 0. The Kier molecular flexibility index (Phi) is 4.53. The first-order valence-electron chi connectivity index (χ1n) is 2.28. The van der Waals surface area contributed by atoms with Crippen molar-refractivity contribution >= 4 is 0 Å². The highest BCUT2D eigenvalue weighted by molar-refractivity contribution is 4.82. The Balaban J connectivity index is 2.66. The summed E-state index contributed by atoms with van der Waals surface area (Å²) in [4.78, 5) is 0. The number of unbranched alkanes of at least 4 members (excludes halogenated alkanes) is 1. The van der Waals surface area contributed by atoms with Crippen molar-refractivity contribution in [3.05, 3.63) is 19.1 Å². The SMILES string of the molecule is [CH]/C=C/CCC. The summed E-state index contributed by atoms with van der Waals surface area (Å²) in [6, 6.07) is 0. The monoisotopic (exact) mass is 82.1 g/mol. The van der Waals surface area contributed by atoms with Gasteiger partial charge in [-0.1, -0.05) is 25.5 Å². The van der Waals surface area contributed by atoms with Crippen LogP contribution in [-0.2, 0) is 0 Å². The van der Waals surface area contributed by atoms with Gasteiger partial charge in [-0.2, -0.15) is 0 Å². The normalized spacial score (nSPS) is 10.3. The maximum Gasteiger partial charge on any atom is -0.00958 e. The van der Waals surface area contributed by atoms with Crippen molar-refractivity contribution in [2.45, 2.75) is 19.8 Å². The van der Waals surface area contributed by atoms with E-state index in [1.54, 1.807) is 6.08 Å². The van der Waals surface area contributed by atoms with Crippen molar-refractivity contribution in [2.24, 2.45) is 0 Å². The third kappa shape index (κ3) is 3.74. The Hall–Kier alpha value is -0.260. The molecule has 0 heteroatoms. The molecule has 0 aliphatic heterocycles. The highest BCUT2D eigenvalue weighted by Crippen LogP contribution is 1.85. The topological polar surface area (TPSA) is 0 Å². The fraction of sp³-hybridized carbons (Fsp3) is 0.500. The molecule has 0 aliphatic rings. The van der Waals surface area contributed by atoms with Crippen molar-refractivity contribution in [1.82, 2.24) is 0 Å². The molecule has 0 amide bonds. The smallest absolute Gasteiger partial charge is 0.00958 e. The first kappa shape index (κ1) is 5.74. The fourth-order valence-electron chi connectivity index (χ4n) is 0.263. The van der Waals surface area contributed by atoms with Crippen molar-refractivity contribution < 1.29 is 0 Å². The van der Waals surface area contributed by atoms with Crippen LogP contribution in [0.5, 0.6) is 0 Å². The highest BCUT2D eigenvalue weighted by Gasteiger charge is 1.65. The van der Waals surface area contributed by atoms with E-state index in [0.717, 1.165) is 6.42 Å². The molecule has 0 atom stereocenters. The molecule has 0 aromatic heterocycles. The van der Waals surface area contributed by atoms with E-state index in [0.29, 0.717) is 0 Å². The van der Waals surface area contributed by atoms with Crippen LogP contribution in [0.1, 0.15) is 19.8 Å². The third-order valence-corrected chi connectivity index (χ3v) is 0.591. The van der Waals surface area contributed by atoms with Crippen LogP contribution in [0.25, 0.3) is 0 Å². The van der Waals surface area contributed by atoms with E-state index in [9.17, 15) is 0 Å². The molecular formula is C6H10. The van der Waals surface area contributed by atoms with E-state index in [4.69, 9.17) is 6.92 Å². The number of rotatable bonds is 2. The molecule has 0 nitrogen and oxygen atoms in total. The molecule has 34 valence electrons. The standard InChI is InChI=1S/C6H10/c1-3-5-6-4-2/h1,3,5H,4,6H2,2H3/b5-3+. The van der Waals surface area contributed by atoms with Crippen LogP contribution < -0.4 is 0 Å². The number of allylic oxidation sites excluding steroid dienone is 2. The van der Waals surface area contributed by atoms with Gasteiger partial charge in [0.25, 0.3) is 0 Å². The number of hydrogen-bond acceptors (Lipinski definition) is 0. The van der Waals surface area contributed by atoms with E-state index in [-0.39, 0.29) is 0 Å². The van der Waals surface area contributed by atoms with E-state index in [1.165, 1.54) is 6.42 Å². The molecule has 0 unspecified atom stereocenters. The first-order valence-corrected chi connectivity index (χ1v) is 2.28. The van der Waals surface area contributed by atoms with Gasteiger partial charge in [-0.15, -0.1) is 0 Å². The Bertz CT molecular complexity index is 35.3. The van der Waals surface area contributed by atoms with Crippen molar-refractivity contribution in [3.8, 4) is 0 Å². The predicted molar refractivity (Wildman–Crippen MR) is 28.3 cm³/mol. The fourth-order valence-corrected chi connectivity index (χ4v) is 0.263. The molecule has 0 bridgehead atoms. The minimum atomic E-state index is 1.11. The quantitative estimate of drug-likeness (QED) is 0.478. The lowest BCUT2D eigenvalue weighted by atomic mass is 10.3. The van der Waals surface area contributed by atoms with Gasteiger partial charge in [0.15, 0.2) is 0 Å². The highest BCUT2D eigenvalue weighted by atomic mass is 13.7. The van der Waals surface area contributed by atoms with Gasteiger partial charge in [-0.3, -0.25) is 0 Å². The van der Waals surface area contributed by atoms with Crippen molar-refractivity contribution in [2.75, 3.05) is 0 Å².